The maximum Gasteiger partial charge on any atom is 0.143 e. The number of hydrogen-bond acceptors (Lipinski definition) is 7. The fourth-order valence-corrected chi connectivity index (χ4v) is 6.91. The van der Waals surface area contributed by atoms with Crippen molar-refractivity contribution in [3.63, 3.8) is 0 Å². The number of aromatic nitrogens is 2. The van der Waals surface area contributed by atoms with Crippen LogP contribution in [-0.2, 0) is 12.2 Å². The SMILES string of the molecule is N#Cc1c(N)nc(SCc2csc(-c3ccc(Cl)cc3)n2)c(C#N)c1-c1ccc(CC2CCCCC2)cc1. The Kier molecular flexibility index (Phi) is 8.29. The number of nitrogens with two attached hydrogens (primary N) is 1. The Bertz CT molecular complexity index is 1510. The van der Waals surface area contributed by atoms with E-state index in [2.05, 4.69) is 29.3 Å². The summed E-state index contributed by atoms with van der Waals surface area (Å²) in [6, 6.07) is 20.3. The molecule has 1 saturated carbocycles. The Hall–Kier alpha value is -3.36. The number of thioether (sulfide) groups is 1. The van der Waals surface area contributed by atoms with Crippen molar-refractivity contribution >= 4 is 40.5 Å². The first-order valence-corrected chi connectivity index (χ1v) is 14.9. The average molecular weight is 556 g/mol. The molecule has 0 atom stereocenters. The minimum Gasteiger partial charge on any atom is -0.383 e. The summed E-state index contributed by atoms with van der Waals surface area (Å²) in [5.41, 5.74) is 11.4. The molecule has 5 nitrogen and oxygen atoms in total. The fraction of sp³-hybridized carbons (Fsp3) is 0.267. The van der Waals surface area contributed by atoms with Crippen LogP contribution in [-0.4, -0.2) is 9.97 Å². The zero-order valence-corrected chi connectivity index (χ0v) is 23.2. The normalized spacial score (nSPS) is 13.7. The van der Waals surface area contributed by atoms with Crippen LogP contribution in [0.1, 0.15) is 54.5 Å². The zero-order valence-electron chi connectivity index (χ0n) is 20.8. The molecule has 2 N–H and O–H groups in total. The van der Waals surface area contributed by atoms with Gasteiger partial charge in [0.15, 0.2) is 0 Å². The molecule has 1 fully saturated rings. The van der Waals surface area contributed by atoms with Crippen molar-refractivity contribution < 1.29 is 0 Å². The van der Waals surface area contributed by atoms with Crippen LogP contribution in [0.3, 0.4) is 0 Å². The second-order valence-electron chi connectivity index (χ2n) is 9.50. The summed E-state index contributed by atoms with van der Waals surface area (Å²) < 4.78 is 0. The standard InChI is InChI=1S/C30H26ClN5S2/c31-23-12-10-22(11-13-23)29-35-24(17-37-29)18-38-30-26(16-33)27(25(15-32)28(34)36-30)21-8-6-20(7-9-21)14-19-4-2-1-3-5-19/h6-13,17,19H,1-5,14,18H2,(H2,34,36). The quantitative estimate of drug-likeness (QED) is 0.230. The highest BCUT2D eigenvalue weighted by atomic mass is 35.5. The fourth-order valence-electron chi connectivity index (χ4n) is 4.96. The molecule has 0 amide bonds. The van der Waals surface area contributed by atoms with E-state index in [4.69, 9.17) is 22.3 Å². The maximum atomic E-state index is 10.1. The highest BCUT2D eigenvalue weighted by Crippen LogP contribution is 2.37. The smallest absolute Gasteiger partial charge is 0.143 e. The van der Waals surface area contributed by atoms with Crippen LogP contribution >= 0.6 is 34.7 Å². The molecule has 5 rings (SSSR count). The molecule has 0 unspecified atom stereocenters. The molecule has 1 aliphatic rings. The largest absolute Gasteiger partial charge is 0.383 e. The van der Waals surface area contributed by atoms with Crippen molar-refractivity contribution in [3.8, 4) is 33.8 Å². The Morgan fingerprint density at radius 1 is 0.921 bits per heavy atom. The predicted molar refractivity (Wildman–Crippen MR) is 156 cm³/mol. The number of thiazole rings is 1. The topological polar surface area (TPSA) is 99.4 Å². The van der Waals surface area contributed by atoms with Gasteiger partial charge in [0, 0.05) is 27.3 Å². The van der Waals surface area contributed by atoms with Crippen LogP contribution in [0.2, 0.25) is 5.02 Å². The first-order chi connectivity index (χ1) is 18.6. The molecule has 2 aromatic heterocycles. The van der Waals surface area contributed by atoms with Crippen molar-refractivity contribution in [2.24, 2.45) is 5.92 Å². The summed E-state index contributed by atoms with van der Waals surface area (Å²) in [6.07, 6.45) is 7.64. The molecule has 4 aromatic rings. The molecule has 1 aliphatic carbocycles. The summed E-state index contributed by atoms with van der Waals surface area (Å²) in [4.78, 5) is 9.18. The first-order valence-electron chi connectivity index (χ1n) is 12.6. The van der Waals surface area contributed by atoms with Gasteiger partial charge < -0.3 is 5.73 Å². The van der Waals surface area contributed by atoms with Gasteiger partial charge in [0.2, 0.25) is 0 Å². The zero-order chi connectivity index (χ0) is 26.5. The third-order valence-electron chi connectivity index (χ3n) is 6.91. The van der Waals surface area contributed by atoms with Gasteiger partial charge in [-0.3, -0.25) is 0 Å². The van der Waals surface area contributed by atoms with E-state index in [-0.39, 0.29) is 11.4 Å². The van der Waals surface area contributed by atoms with Gasteiger partial charge in [-0.1, -0.05) is 91.9 Å². The number of nitriles is 2. The van der Waals surface area contributed by atoms with Gasteiger partial charge in [0.05, 0.1) is 11.3 Å². The monoisotopic (exact) mass is 555 g/mol. The van der Waals surface area contributed by atoms with E-state index in [1.165, 1.54) is 49.4 Å². The summed E-state index contributed by atoms with van der Waals surface area (Å²) in [5, 5.41) is 24.1. The summed E-state index contributed by atoms with van der Waals surface area (Å²) in [6.45, 7) is 0. The molecule has 0 bridgehead atoms. The van der Waals surface area contributed by atoms with Crippen molar-refractivity contribution in [1.82, 2.24) is 9.97 Å². The number of pyridine rings is 1. The Morgan fingerprint density at radius 2 is 1.61 bits per heavy atom. The van der Waals surface area contributed by atoms with Gasteiger partial charge in [-0.15, -0.1) is 11.3 Å². The molecule has 0 radical (unpaired) electrons. The van der Waals surface area contributed by atoms with E-state index in [9.17, 15) is 10.5 Å². The van der Waals surface area contributed by atoms with Crippen LogP contribution < -0.4 is 5.73 Å². The lowest BCUT2D eigenvalue weighted by Gasteiger charge is -2.21. The number of nitrogens with zero attached hydrogens (tertiary/aromatic N) is 4. The van der Waals surface area contributed by atoms with Gasteiger partial charge in [-0.2, -0.15) is 10.5 Å². The summed E-state index contributed by atoms with van der Waals surface area (Å²) >= 11 is 8.97. The highest BCUT2D eigenvalue weighted by molar-refractivity contribution is 7.98. The van der Waals surface area contributed by atoms with E-state index in [0.29, 0.717) is 26.9 Å². The summed E-state index contributed by atoms with van der Waals surface area (Å²) in [5.74, 6) is 1.40. The second-order valence-corrected chi connectivity index (χ2v) is 11.8. The van der Waals surface area contributed by atoms with Crippen molar-refractivity contribution in [1.29, 1.82) is 10.5 Å². The van der Waals surface area contributed by atoms with E-state index in [1.807, 2.05) is 41.8 Å². The number of rotatable bonds is 7. The van der Waals surface area contributed by atoms with E-state index in [1.54, 1.807) is 11.3 Å². The molecule has 38 heavy (non-hydrogen) atoms. The lowest BCUT2D eigenvalue weighted by atomic mass is 9.84. The van der Waals surface area contributed by atoms with Crippen molar-refractivity contribution in [3.05, 3.63) is 81.3 Å². The predicted octanol–water partition coefficient (Wildman–Crippen LogP) is 8.27. The molecular formula is C30H26ClN5S2. The van der Waals surface area contributed by atoms with E-state index < -0.39 is 0 Å². The second kappa shape index (κ2) is 12.0. The Balaban J connectivity index is 1.39. The van der Waals surface area contributed by atoms with Crippen molar-refractivity contribution in [2.45, 2.75) is 49.3 Å². The van der Waals surface area contributed by atoms with Crippen LogP contribution in [0.15, 0.2) is 58.9 Å². The molecule has 8 heteroatoms. The number of nitrogen functional groups attached to an aromatic ring is 1. The average Bonchev–Trinajstić information content (AvgIpc) is 3.42. The van der Waals surface area contributed by atoms with Crippen LogP contribution in [0, 0.1) is 28.6 Å². The minimum atomic E-state index is 0.135. The van der Waals surface area contributed by atoms with Gasteiger partial charge in [-0.05, 0) is 35.6 Å². The Labute approximate surface area is 236 Å². The van der Waals surface area contributed by atoms with Gasteiger partial charge >= 0.3 is 0 Å². The molecule has 0 spiro atoms. The molecule has 0 aliphatic heterocycles. The van der Waals surface area contributed by atoms with Gasteiger partial charge in [0.1, 0.15) is 33.6 Å². The maximum absolute atomic E-state index is 10.1. The third kappa shape index (κ3) is 5.87. The minimum absolute atomic E-state index is 0.135. The van der Waals surface area contributed by atoms with E-state index >= 15 is 0 Å². The molecule has 0 saturated heterocycles. The van der Waals surface area contributed by atoms with Crippen molar-refractivity contribution in [2.75, 3.05) is 5.73 Å². The number of anilines is 1. The molecular weight excluding hydrogens is 530 g/mol. The van der Waals surface area contributed by atoms with E-state index in [0.717, 1.165) is 34.2 Å². The lowest BCUT2D eigenvalue weighted by molar-refractivity contribution is 0.356. The molecule has 2 aromatic carbocycles. The molecule has 190 valence electrons. The summed E-state index contributed by atoms with van der Waals surface area (Å²) in [7, 11) is 0. The van der Waals surface area contributed by atoms with Crippen LogP contribution in [0.4, 0.5) is 5.82 Å². The highest BCUT2D eigenvalue weighted by Gasteiger charge is 2.21. The lowest BCUT2D eigenvalue weighted by Crippen LogP contribution is -2.09. The number of hydrogen-bond donors (Lipinski definition) is 1. The van der Waals surface area contributed by atoms with Crippen LogP contribution in [0.25, 0.3) is 21.7 Å². The Morgan fingerprint density at radius 3 is 2.29 bits per heavy atom. The molecule has 2 heterocycles. The number of halogens is 1. The van der Waals surface area contributed by atoms with Gasteiger partial charge in [0.25, 0.3) is 0 Å². The number of benzene rings is 2. The third-order valence-corrected chi connectivity index (χ3v) is 9.11. The first kappa shape index (κ1) is 26.3. The van der Waals surface area contributed by atoms with Crippen LogP contribution in [0.5, 0.6) is 0 Å². The van der Waals surface area contributed by atoms with Gasteiger partial charge in [-0.25, -0.2) is 9.97 Å².